The molecule has 0 radical (unpaired) electrons. The Morgan fingerprint density at radius 3 is 2.65 bits per heavy atom. The lowest BCUT2D eigenvalue weighted by Crippen LogP contribution is -2.25. The SMILES string of the molecule is COCCc1cc(-c2ccc(C3CCC(Oc4c(C(=O)O)nnn4C)CC3)cc2)n[nH]1. The van der Waals surface area contributed by atoms with Crippen molar-refractivity contribution in [1.82, 2.24) is 25.2 Å². The van der Waals surface area contributed by atoms with Gasteiger partial charge in [-0.25, -0.2) is 9.48 Å². The van der Waals surface area contributed by atoms with Crippen molar-refractivity contribution < 1.29 is 19.4 Å². The Labute approximate surface area is 180 Å². The van der Waals surface area contributed by atoms with Crippen LogP contribution < -0.4 is 4.74 Å². The van der Waals surface area contributed by atoms with Gasteiger partial charge in [-0.1, -0.05) is 29.5 Å². The van der Waals surface area contributed by atoms with Crippen LogP contribution >= 0.6 is 0 Å². The van der Waals surface area contributed by atoms with E-state index < -0.39 is 5.97 Å². The first-order chi connectivity index (χ1) is 15.0. The number of nitrogens with zero attached hydrogens (tertiary/aromatic N) is 4. The highest BCUT2D eigenvalue weighted by Crippen LogP contribution is 2.35. The third-order valence-corrected chi connectivity index (χ3v) is 5.81. The number of rotatable bonds is 8. The quantitative estimate of drug-likeness (QED) is 0.569. The molecule has 0 unspecified atom stereocenters. The minimum Gasteiger partial charge on any atom is -0.476 e. The van der Waals surface area contributed by atoms with Crippen LogP contribution in [0.2, 0.25) is 0 Å². The summed E-state index contributed by atoms with van der Waals surface area (Å²) in [7, 11) is 3.33. The van der Waals surface area contributed by atoms with E-state index in [-0.39, 0.29) is 17.7 Å². The van der Waals surface area contributed by atoms with E-state index in [1.54, 1.807) is 14.2 Å². The minimum atomic E-state index is -1.13. The van der Waals surface area contributed by atoms with Crippen molar-refractivity contribution in [3.8, 4) is 17.1 Å². The fourth-order valence-electron chi connectivity index (χ4n) is 4.06. The Hall–Kier alpha value is -3.20. The molecule has 164 valence electrons. The van der Waals surface area contributed by atoms with Crippen LogP contribution in [0.1, 0.15) is 53.3 Å². The van der Waals surface area contributed by atoms with Gasteiger partial charge in [0.1, 0.15) is 6.10 Å². The van der Waals surface area contributed by atoms with Gasteiger partial charge < -0.3 is 14.6 Å². The van der Waals surface area contributed by atoms with E-state index in [1.807, 2.05) is 0 Å². The number of carboxylic acids is 1. The van der Waals surface area contributed by atoms with Crippen LogP contribution in [0.4, 0.5) is 0 Å². The molecule has 0 spiro atoms. The predicted molar refractivity (Wildman–Crippen MR) is 113 cm³/mol. The number of benzene rings is 1. The molecule has 2 heterocycles. The van der Waals surface area contributed by atoms with Crippen LogP contribution in [0.15, 0.2) is 30.3 Å². The zero-order chi connectivity index (χ0) is 21.8. The lowest BCUT2D eigenvalue weighted by atomic mass is 9.82. The van der Waals surface area contributed by atoms with Gasteiger partial charge in [0.15, 0.2) is 0 Å². The van der Waals surface area contributed by atoms with Gasteiger partial charge in [-0.05, 0) is 43.2 Å². The molecule has 4 rings (SSSR count). The Bertz CT molecular complexity index is 1020. The van der Waals surface area contributed by atoms with Gasteiger partial charge in [-0.2, -0.15) is 5.10 Å². The molecule has 0 atom stereocenters. The second kappa shape index (κ2) is 9.30. The number of nitrogens with one attached hydrogen (secondary N) is 1. The van der Waals surface area contributed by atoms with Crippen LogP contribution in [0, 0.1) is 0 Å². The molecule has 2 aromatic heterocycles. The third-order valence-electron chi connectivity index (χ3n) is 5.81. The van der Waals surface area contributed by atoms with Crippen LogP contribution in [0.25, 0.3) is 11.3 Å². The smallest absolute Gasteiger partial charge is 0.362 e. The first kappa shape index (κ1) is 21.0. The topological polar surface area (TPSA) is 115 Å². The van der Waals surface area contributed by atoms with Gasteiger partial charge in [0.2, 0.25) is 11.6 Å². The van der Waals surface area contributed by atoms with Crippen molar-refractivity contribution in [3.05, 3.63) is 47.3 Å². The van der Waals surface area contributed by atoms with E-state index in [2.05, 4.69) is 50.8 Å². The molecule has 0 saturated heterocycles. The van der Waals surface area contributed by atoms with Crippen molar-refractivity contribution >= 4 is 5.97 Å². The molecule has 0 bridgehead atoms. The number of aromatic amines is 1. The third kappa shape index (κ3) is 4.77. The van der Waals surface area contributed by atoms with E-state index in [0.29, 0.717) is 12.5 Å². The lowest BCUT2D eigenvalue weighted by molar-refractivity contribution is 0.0676. The molecule has 9 nitrogen and oxygen atoms in total. The largest absolute Gasteiger partial charge is 0.476 e. The monoisotopic (exact) mass is 425 g/mol. The number of hydrogen-bond donors (Lipinski definition) is 2. The number of aromatic nitrogens is 5. The number of hydrogen-bond acceptors (Lipinski definition) is 6. The van der Waals surface area contributed by atoms with Gasteiger partial charge in [-0.3, -0.25) is 5.10 Å². The van der Waals surface area contributed by atoms with Crippen LogP contribution in [0.5, 0.6) is 5.88 Å². The fourth-order valence-corrected chi connectivity index (χ4v) is 4.06. The zero-order valence-corrected chi connectivity index (χ0v) is 17.7. The summed E-state index contributed by atoms with van der Waals surface area (Å²) >= 11 is 0. The molecule has 1 fully saturated rings. The van der Waals surface area contributed by atoms with E-state index in [9.17, 15) is 9.90 Å². The number of H-pyrrole nitrogens is 1. The highest BCUT2D eigenvalue weighted by Gasteiger charge is 2.27. The highest BCUT2D eigenvalue weighted by atomic mass is 16.5. The van der Waals surface area contributed by atoms with Crippen LogP contribution in [-0.2, 0) is 18.2 Å². The first-order valence-corrected chi connectivity index (χ1v) is 10.5. The standard InChI is InChI=1S/C22H27N5O4/c1-27-21(20(22(28)29)25-26-27)31-18-9-7-15(8-10-18)14-3-5-16(6-4-14)19-13-17(23-24-19)11-12-30-2/h3-6,13,15,18H,7-12H2,1-2H3,(H,23,24)(H,28,29). The summed E-state index contributed by atoms with van der Waals surface area (Å²) in [6.45, 7) is 0.668. The van der Waals surface area contributed by atoms with Crippen LogP contribution in [-0.4, -0.2) is 56.1 Å². The summed E-state index contributed by atoms with van der Waals surface area (Å²) in [5, 5.41) is 24.1. The average molecular weight is 425 g/mol. The Kier molecular flexibility index (Phi) is 6.31. The maximum Gasteiger partial charge on any atom is 0.362 e. The van der Waals surface area contributed by atoms with Crippen molar-refractivity contribution in [3.63, 3.8) is 0 Å². The van der Waals surface area contributed by atoms with Gasteiger partial charge in [0, 0.05) is 31.8 Å². The Balaban J connectivity index is 1.34. The van der Waals surface area contributed by atoms with Crippen molar-refractivity contribution in [2.24, 2.45) is 7.05 Å². The summed E-state index contributed by atoms with van der Waals surface area (Å²) in [5.74, 6) is -0.433. The summed E-state index contributed by atoms with van der Waals surface area (Å²) in [6.07, 6.45) is 4.48. The maximum absolute atomic E-state index is 11.3. The van der Waals surface area contributed by atoms with Crippen molar-refractivity contribution in [1.29, 1.82) is 0 Å². The summed E-state index contributed by atoms with van der Waals surface area (Å²) in [5.41, 5.74) is 4.27. The highest BCUT2D eigenvalue weighted by molar-refractivity contribution is 5.87. The second-order valence-electron chi connectivity index (χ2n) is 7.91. The molecule has 1 saturated carbocycles. The van der Waals surface area contributed by atoms with Gasteiger partial charge in [-0.15, -0.1) is 5.10 Å². The molecule has 1 aliphatic carbocycles. The van der Waals surface area contributed by atoms with Gasteiger partial charge in [0.05, 0.1) is 12.3 Å². The summed E-state index contributed by atoms with van der Waals surface area (Å²) in [6, 6.07) is 10.7. The molecule has 31 heavy (non-hydrogen) atoms. The Morgan fingerprint density at radius 1 is 1.23 bits per heavy atom. The predicted octanol–water partition coefficient (Wildman–Crippen LogP) is 3.20. The minimum absolute atomic E-state index is 0.0274. The van der Waals surface area contributed by atoms with Gasteiger partial charge in [0.25, 0.3) is 0 Å². The maximum atomic E-state index is 11.3. The van der Waals surface area contributed by atoms with E-state index in [1.165, 1.54) is 10.2 Å². The molecule has 9 heteroatoms. The number of methoxy groups -OCH3 is 1. The number of aromatic carboxylic acids is 1. The average Bonchev–Trinajstić information content (AvgIpc) is 3.40. The zero-order valence-electron chi connectivity index (χ0n) is 17.7. The van der Waals surface area contributed by atoms with E-state index in [0.717, 1.165) is 49.1 Å². The molecule has 1 aliphatic rings. The second-order valence-corrected chi connectivity index (χ2v) is 7.91. The molecule has 0 aliphatic heterocycles. The first-order valence-electron chi connectivity index (χ1n) is 10.5. The lowest BCUT2D eigenvalue weighted by Gasteiger charge is -2.29. The Morgan fingerprint density at radius 2 is 1.97 bits per heavy atom. The normalized spacial score (nSPS) is 18.8. The van der Waals surface area contributed by atoms with Gasteiger partial charge >= 0.3 is 5.97 Å². The number of carbonyl (C=O) groups is 1. The summed E-state index contributed by atoms with van der Waals surface area (Å²) in [4.78, 5) is 11.3. The number of carboxylic acid groups (broad SMARTS) is 1. The number of aryl methyl sites for hydroxylation is 1. The molecular formula is C22H27N5O4. The molecule has 1 aromatic carbocycles. The molecule has 0 amide bonds. The number of ether oxygens (including phenoxy) is 2. The van der Waals surface area contributed by atoms with E-state index in [4.69, 9.17) is 9.47 Å². The molecular weight excluding hydrogens is 398 g/mol. The van der Waals surface area contributed by atoms with Crippen molar-refractivity contribution in [2.45, 2.75) is 44.1 Å². The fraction of sp³-hybridized carbons (Fsp3) is 0.455. The molecule has 2 N–H and O–H groups in total. The van der Waals surface area contributed by atoms with Crippen LogP contribution in [0.3, 0.4) is 0 Å². The molecule has 3 aromatic rings. The van der Waals surface area contributed by atoms with E-state index >= 15 is 0 Å². The summed E-state index contributed by atoms with van der Waals surface area (Å²) < 4.78 is 12.4. The van der Waals surface area contributed by atoms with Crippen molar-refractivity contribution in [2.75, 3.05) is 13.7 Å².